The smallest absolute Gasteiger partial charge is 0.317 e. The van der Waals surface area contributed by atoms with Crippen LogP contribution in [0.25, 0.3) is 5.82 Å². The Labute approximate surface area is 146 Å². The summed E-state index contributed by atoms with van der Waals surface area (Å²) in [6.45, 7) is 0.485. The minimum Gasteiger partial charge on any atom is -0.334 e. The van der Waals surface area contributed by atoms with Gasteiger partial charge in [-0.15, -0.1) is 0 Å². The molecule has 7 heteroatoms. The van der Waals surface area contributed by atoms with Gasteiger partial charge in [0.05, 0.1) is 0 Å². The first kappa shape index (κ1) is 16.8. The number of nitrogens with zero attached hydrogens (tertiary/aromatic N) is 4. The van der Waals surface area contributed by atoms with Crippen LogP contribution in [0, 0.1) is 0 Å². The highest BCUT2D eigenvalue weighted by molar-refractivity contribution is 7.99. The van der Waals surface area contributed by atoms with E-state index >= 15 is 0 Å². The monoisotopic (exact) mass is 345 g/mol. The van der Waals surface area contributed by atoms with E-state index in [0.717, 1.165) is 24.2 Å². The number of rotatable bonds is 5. The van der Waals surface area contributed by atoms with Crippen molar-refractivity contribution < 1.29 is 4.79 Å². The molecule has 0 bridgehead atoms. The fourth-order valence-electron chi connectivity index (χ4n) is 3.02. The van der Waals surface area contributed by atoms with E-state index in [1.807, 2.05) is 46.6 Å². The highest BCUT2D eigenvalue weighted by Crippen LogP contribution is 2.30. The van der Waals surface area contributed by atoms with Crippen molar-refractivity contribution in [2.75, 3.05) is 13.3 Å². The van der Waals surface area contributed by atoms with Gasteiger partial charge < -0.3 is 10.2 Å². The lowest BCUT2D eigenvalue weighted by Crippen LogP contribution is -2.42. The summed E-state index contributed by atoms with van der Waals surface area (Å²) in [4.78, 5) is 22.6. The van der Waals surface area contributed by atoms with E-state index in [1.165, 1.54) is 6.42 Å². The molecule has 2 amide bonds. The maximum atomic E-state index is 12.3. The summed E-state index contributed by atoms with van der Waals surface area (Å²) in [6, 6.07) is 4.24. The molecule has 0 unspecified atom stereocenters. The SMILES string of the molecule is CS[C@H]1CC[C@H](N(C)C(=O)NCc2ccc(-n3ccnc3)nc2)C1. The maximum Gasteiger partial charge on any atom is 0.317 e. The molecule has 3 rings (SSSR count). The number of amides is 2. The first-order valence-corrected chi connectivity index (χ1v) is 9.43. The summed E-state index contributed by atoms with van der Waals surface area (Å²) in [5, 5.41) is 3.67. The van der Waals surface area contributed by atoms with Crippen LogP contribution in [0.4, 0.5) is 4.79 Å². The van der Waals surface area contributed by atoms with Crippen LogP contribution in [0.5, 0.6) is 0 Å². The molecule has 2 atom stereocenters. The first-order valence-electron chi connectivity index (χ1n) is 8.14. The number of hydrogen-bond acceptors (Lipinski definition) is 4. The van der Waals surface area contributed by atoms with E-state index in [2.05, 4.69) is 21.5 Å². The topological polar surface area (TPSA) is 63.1 Å². The van der Waals surface area contributed by atoms with Crippen LogP contribution in [0.3, 0.4) is 0 Å². The first-order chi connectivity index (χ1) is 11.7. The van der Waals surface area contributed by atoms with Crippen molar-refractivity contribution in [3.05, 3.63) is 42.6 Å². The minimum absolute atomic E-state index is 0.0135. The van der Waals surface area contributed by atoms with Gasteiger partial charge in [0, 0.05) is 43.5 Å². The number of urea groups is 1. The molecular formula is C17H23N5OS. The van der Waals surface area contributed by atoms with E-state index in [4.69, 9.17) is 0 Å². The summed E-state index contributed by atoms with van der Waals surface area (Å²) < 4.78 is 1.85. The van der Waals surface area contributed by atoms with Gasteiger partial charge in [-0.05, 0) is 37.1 Å². The number of nitrogens with one attached hydrogen (secondary N) is 1. The lowest BCUT2D eigenvalue weighted by Gasteiger charge is -2.25. The van der Waals surface area contributed by atoms with E-state index in [1.54, 1.807) is 18.7 Å². The molecule has 0 aromatic carbocycles. The van der Waals surface area contributed by atoms with Crippen molar-refractivity contribution >= 4 is 17.8 Å². The second-order valence-corrected chi connectivity index (χ2v) is 7.23. The van der Waals surface area contributed by atoms with E-state index in [9.17, 15) is 4.79 Å². The molecular weight excluding hydrogens is 322 g/mol. The second kappa shape index (κ2) is 7.70. The third-order valence-electron chi connectivity index (χ3n) is 4.58. The van der Waals surface area contributed by atoms with E-state index < -0.39 is 0 Å². The maximum absolute atomic E-state index is 12.3. The zero-order chi connectivity index (χ0) is 16.9. The average Bonchev–Trinajstić information content (AvgIpc) is 3.30. The third-order valence-corrected chi connectivity index (χ3v) is 5.67. The van der Waals surface area contributed by atoms with Crippen LogP contribution < -0.4 is 5.32 Å². The number of thioether (sulfide) groups is 1. The van der Waals surface area contributed by atoms with Crippen molar-refractivity contribution in [1.29, 1.82) is 0 Å². The Hall–Kier alpha value is -2.02. The molecule has 24 heavy (non-hydrogen) atoms. The molecule has 1 saturated carbocycles. The average molecular weight is 345 g/mol. The normalized spacial score (nSPS) is 20.1. The van der Waals surface area contributed by atoms with Crippen LogP contribution in [-0.4, -0.2) is 50.1 Å². The molecule has 128 valence electrons. The highest BCUT2D eigenvalue weighted by Gasteiger charge is 2.29. The van der Waals surface area contributed by atoms with Crippen molar-refractivity contribution in [2.45, 2.75) is 37.1 Å². The Balaban J connectivity index is 1.51. The summed E-state index contributed by atoms with van der Waals surface area (Å²) >= 11 is 1.90. The molecule has 2 heterocycles. The number of hydrogen-bond donors (Lipinski definition) is 1. The highest BCUT2D eigenvalue weighted by atomic mass is 32.2. The number of imidazole rings is 1. The van der Waals surface area contributed by atoms with Crippen molar-refractivity contribution in [2.24, 2.45) is 0 Å². The van der Waals surface area contributed by atoms with Gasteiger partial charge in [0.2, 0.25) is 0 Å². The second-order valence-electron chi connectivity index (χ2n) is 6.09. The molecule has 1 fully saturated rings. The van der Waals surface area contributed by atoms with Gasteiger partial charge in [0.1, 0.15) is 12.1 Å². The number of aromatic nitrogens is 3. The summed E-state index contributed by atoms with van der Waals surface area (Å²) in [7, 11) is 1.89. The number of pyridine rings is 1. The van der Waals surface area contributed by atoms with Gasteiger partial charge >= 0.3 is 6.03 Å². The zero-order valence-electron chi connectivity index (χ0n) is 14.1. The molecule has 2 aromatic heterocycles. The van der Waals surface area contributed by atoms with E-state index in [-0.39, 0.29) is 6.03 Å². The lowest BCUT2D eigenvalue weighted by molar-refractivity contribution is 0.190. The molecule has 1 N–H and O–H groups in total. The molecule has 0 saturated heterocycles. The van der Waals surface area contributed by atoms with Crippen LogP contribution in [0.15, 0.2) is 37.1 Å². The zero-order valence-corrected chi connectivity index (χ0v) is 14.9. The Morgan fingerprint density at radius 1 is 1.46 bits per heavy atom. The fourth-order valence-corrected chi connectivity index (χ4v) is 3.81. The Morgan fingerprint density at radius 2 is 2.33 bits per heavy atom. The van der Waals surface area contributed by atoms with E-state index in [0.29, 0.717) is 17.8 Å². The van der Waals surface area contributed by atoms with Gasteiger partial charge in [-0.3, -0.25) is 4.57 Å². The van der Waals surface area contributed by atoms with Crippen molar-refractivity contribution in [3.8, 4) is 5.82 Å². The standard InChI is InChI=1S/C17H23N5OS/c1-21(14-4-5-15(9-14)24-2)17(23)20-11-13-3-6-16(19-10-13)22-8-7-18-12-22/h3,6-8,10,12,14-15H,4-5,9,11H2,1-2H3,(H,20,23)/t14-,15-/m0/s1. The van der Waals surface area contributed by atoms with Gasteiger partial charge in [-0.2, -0.15) is 11.8 Å². The van der Waals surface area contributed by atoms with Crippen LogP contribution in [0.2, 0.25) is 0 Å². The van der Waals surface area contributed by atoms with Gasteiger partial charge in [0.15, 0.2) is 0 Å². The van der Waals surface area contributed by atoms with Crippen LogP contribution in [0.1, 0.15) is 24.8 Å². The number of carbonyl (C=O) groups is 1. The number of carbonyl (C=O) groups excluding carboxylic acids is 1. The molecule has 1 aliphatic rings. The molecule has 1 aliphatic carbocycles. The van der Waals surface area contributed by atoms with Crippen molar-refractivity contribution in [1.82, 2.24) is 24.8 Å². The Bertz CT molecular complexity index is 658. The predicted molar refractivity (Wildman–Crippen MR) is 96.3 cm³/mol. The molecule has 2 aromatic rings. The van der Waals surface area contributed by atoms with Gasteiger partial charge in [0.25, 0.3) is 0 Å². The predicted octanol–water partition coefficient (Wildman–Crippen LogP) is 2.69. The van der Waals surface area contributed by atoms with Crippen molar-refractivity contribution in [3.63, 3.8) is 0 Å². The third kappa shape index (κ3) is 3.90. The summed E-state index contributed by atoms with van der Waals surface area (Å²) in [6.07, 6.45) is 12.6. The lowest BCUT2D eigenvalue weighted by atomic mass is 10.2. The Morgan fingerprint density at radius 3 is 2.96 bits per heavy atom. The summed E-state index contributed by atoms with van der Waals surface area (Å²) in [5.74, 6) is 0.814. The molecule has 6 nitrogen and oxygen atoms in total. The van der Waals surface area contributed by atoms with Crippen LogP contribution >= 0.6 is 11.8 Å². The largest absolute Gasteiger partial charge is 0.334 e. The molecule has 0 radical (unpaired) electrons. The minimum atomic E-state index is -0.0135. The quantitative estimate of drug-likeness (QED) is 0.905. The van der Waals surface area contributed by atoms with Gasteiger partial charge in [-0.1, -0.05) is 6.07 Å². The molecule has 0 aliphatic heterocycles. The fraction of sp³-hybridized carbons (Fsp3) is 0.471. The summed E-state index contributed by atoms with van der Waals surface area (Å²) in [5.41, 5.74) is 0.981. The van der Waals surface area contributed by atoms with Gasteiger partial charge in [-0.25, -0.2) is 14.8 Å². The Kier molecular flexibility index (Phi) is 5.40. The van der Waals surface area contributed by atoms with Crippen LogP contribution in [-0.2, 0) is 6.54 Å². The molecule has 0 spiro atoms.